The van der Waals surface area contributed by atoms with Crippen LogP contribution in [0.2, 0.25) is 0 Å². The number of nitrogens with two attached hydrogens (primary N) is 1. The fraction of sp³-hybridized carbons (Fsp3) is 0.318. The lowest BCUT2D eigenvalue weighted by molar-refractivity contribution is 0.0730. The van der Waals surface area contributed by atoms with Gasteiger partial charge in [0.1, 0.15) is 5.69 Å². The van der Waals surface area contributed by atoms with Crippen molar-refractivity contribution in [2.75, 3.05) is 38.7 Å². The SMILES string of the molecule is NC(=O)c1ccc2cncc(-c3ccc(OCCCS(=O)(=O)N4CCOCC4)c(F)c3)c2n1. The summed E-state index contributed by atoms with van der Waals surface area (Å²) < 4.78 is 51.4. The van der Waals surface area contributed by atoms with E-state index in [0.717, 1.165) is 0 Å². The zero-order valence-electron chi connectivity index (χ0n) is 17.7. The first-order chi connectivity index (χ1) is 15.8. The molecule has 0 radical (unpaired) electrons. The van der Waals surface area contributed by atoms with Gasteiger partial charge in [0.15, 0.2) is 11.6 Å². The minimum Gasteiger partial charge on any atom is -0.490 e. The largest absolute Gasteiger partial charge is 0.490 e. The summed E-state index contributed by atoms with van der Waals surface area (Å²) in [5, 5.41) is 0.680. The van der Waals surface area contributed by atoms with E-state index in [9.17, 15) is 17.6 Å². The molecule has 2 aromatic heterocycles. The zero-order chi connectivity index (χ0) is 23.4. The lowest BCUT2D eigenvalue weighted by Gasteiger charge is -2.25. The fourth-order valence-electron chi connectivity index (χ4n) is 3.55. The number of rotatable bonds is 8. The second-order valence-corrected chi connectivity index (χ2v) is 9.58. The maximum Gasteiger partial charge on any atom is 0.267 e. The van der Waals surface area contributed by atoms with Crippen molar-refractivity contribution in [3.05, 3.63) is 54.2 Å². The number of carbonyl (C=O) groups is 1. The van der Waals surface area contributed by atoms with Crippen LogP contribution in [0.5, 0.6) is 5.75 Å². The third-order valence-corrected chi connectivity index (χ3v) is 7.22. The van der Waals surface area contributed by atoms with Crippen LogP contribution in [0.4, 0.5) is 4.39 Å². The predicted octanol–water partition coefficient (Wildman–Crippen LogP) is 1.97. The summed E-state index contributed by atoms with van der Waals surface area (Å²) in [6.07, 6.45) is 3.36. The van der Waals surface area contributed by atoms with Gasteiger partial charge in [-0.1, -0.05) is 6.07 Å². The first-order valence-electron chi connectivity index (χ1n) is 10.4. The number of ether oxygens (including phenoxy) is 2. The average Bonchev–Trinajstić information content (AvgIpc) is 2.82. The third-order valence-electron chi connectivity index (χ3n) is 5.26. The fourth-order valence-corrected chi connectivity index (χ4v) is 5.00. The van der Waals surface area contributed by atoms with Crippen LogP contribution in [0.3, 0.4) is 0 Å². The average molecular weight is 475 g/mol. The molecule has 1 aromatic carbocycles. The van der Waals surface area contributed by atoms with Crippen LogP contribution in [0.1, 0.15) is 16.9 Å². The molecule has 9 nitrogen and oxygen atoms in total. The smallest absolute Gasteiger partial charge is 0.267 e. The highest BCUT2D eigenvalue weighted by atomic mass is 32.2. The first kappa shape index (κ1) is 23.0. The number of nitrogens with zero attached hydrogens (tertiary/aromatic N) is 3. The minimum absolute atomic E-state index is 0.0153. The molecule has 3 aromatic rings. The summed E-state index contributed by atoms with van der Waals surface area (Å²) in [6, 6.07) is 7.59. The number of carbonyl (C=O) groups excluding carboxylic acids is 1. The predicted molar refractivity (Wildman–Crippen MR) is 120 cm³/mol. The lowest BCUT2D eigenvalue weighted by Crippen LogP contribution is -2.42. The van der Waals surface area contributed by atoms with E-state index in [0.29, 0.717) is 48.3 Å². The van der Waals surface area contributed by atoms with E-state index < -0.39 is 21.7 Å². The van der Waals surface area contributed by atoms with E-state index >= 15 is 0 Å². The Balaban J connectivity index is 1.44. The van der Waals surface area contributed by atoms with Gasteiger partial charge in [0, 0.05) is 36.4 Å². The lowest BCUT2D eigenvalue weighted by atomic mass is 10.0. The number of pyridine rings is 2. The number of benzene rings is 1. The van der Waals surface area contributed by atoms with Crippen molar-refractivity contribution in [1.29, 1.82) is 0 Å². The van der Waals surface area contributed by atoms with Gasteiger partial charge in [-0.2, -0.15) is 4.31 Å². The van der Waals surface area contributed by atoms with Crippen molar-refractivity contribution in [2.45, 2.75) is 6.42 Å². The van der Waals surface area contributed by atoms with Crippen LogP contribution in [-0.2, 0) is 14.8 Å². The molecule has 0 unspecified atom stereocenters. The highest BCUT2D eigenvalue weighted by Gasteiger charge is 2.23. The summed E-state index contributed by atoms with van der Waals surface area (Å²) in [5.74, 6) is -1.33. The topological polar surface area (TPSA) is 125 Å². The van der Waals surface area contributed by atoms with E-state index in [1.807, 2.05) is 0 Å². The molecule has 4 rings (SSSR count). The molecule has 1 amide bonds. The van der Waals surface area contributed by atoms with Crippen LogP contribution >= 0.6 is 0 Å². The van der Waals surface area contributed by atoms with Gasteiger partial charge in [0.2, 0.25) is 10.0 Å². The van der Waals surface area contributed by atoms with Gasteiger partial charge in [-0.05, 0) is 36.2 Å². The molecule has 0 spiro atoms. The van der Waals surface area contributed by atoms with Crippen molar-refractivity contribution in [2.24, 2.45) is 5.73 Å². The Morgan fingerprint density at radius 3 is 2.70 bits per heavy atom. The van der Waals surface area contributed by atoms with Gasteiger partial charge in [0.25, 0.3) is 5.91 Å². The number of amides is 1. The van der Waals surface area contributed by atoms with Crippen LogP contribution < -0.4 is 10.5 Å². The van der Waals surface area contributed by atoms with Gasteiger partial charge in [-0.25, -0.2) is 17.8 Å². The zero-order valence-corrected chi connectivity index (χ0v) is 18.6. The normalized spacial score (nSPS) is 14.9. The van der Waals surface area contributed by atoms with Crippen molar-refractivity contribution >= 4 is 26.8 Å². The number of primary amides is 1. The Labute approximate surface area is 190 Å². The van der Waals surface area contributed by atoms with Crippen LogP contribution in [0.25, 0.3) is 22.0 Å². The van der Waals surface area contributed by atoms with Gasteiger partial charge in [-0.3, -0.25) is 9.78 Å². The highest BCUT2D eigenvalue weighted by molar-refractivity contribution is 7.89. The first-order valence-corrected chi connectivity index (χ1v) is 12.0. The summed E-state index contributed by atoms with van der Waals surface area (Å²) in [6.45, 7) is 1.52. The second-order valence-electron chi connectivity index (χ2n) is 7.49. The number of halogens is 1. The summed E-state index contributed by atoms with van der Waals surface area (Å²) in [4.78, 5) is 19.9. The Hall–Kier alpha value is -3.15. The van der Waals surface area contributed by atoms with Crippen molar-refractivity contribution < 1.29 is 27.1 Å². The molecule has 1 aliphatic rings. The number of fused-ring (bicyclic) bond motifs is 1. The molecule has 11 heteroatoms. The molecule has 2 N–H and O–H groups in total. The van der Waals surface area contributed by atoms with E-state index in [-0.39, 0.29) is 30.2 Å². The van der Waals surface area contributed by atoms with Crippen molar-refractivity contribution in [3.63, 3.8) is 0 Å². The number of sulfonamides is 1. The van der Waals surface area contributed by atoms with Crippen molar-refractivity contribution in [1.82, 2.24) is 14.3 Å². The molecule has 174 valence electrons. The van der Waals surface area contributed by atoms with Gasteiger partial charge in [0.05, 0.1) is 31.1 Å². The monoisotopic (exact) mass is 474 g/mol. The maximum absolute atomic E-state index is 14.7. The molecule has 0 atom stereocenters. The Kier molecular flexibility index (Phi) is 6.82. The molecule has 3 heterocycles. The number of hydrogen-bond donors (Lipinski definition) is 1. The highest BCUT2D eigenvalue weighted by Crippen LogP contribution is 2.30. The van der Waals surface area contributed by atoms with Crippen LogP contribution in [-0.4, -0.2) is 67.3 Å². The molecule has 33 heavy (non-hydrogen) atoms. The van der Waals surface area contributed by atoms with Gasteiger partial charge >= 0.3 is 0 Å². The Morgan fingerprint density at radius 1 is 1.18 bits per heavy atom. The third kappa shape index (κ3) is 5.27. The molecule has 1 fully saturated rings. The molecular weight excluding hydrogens is 451 g/mol. The second kappa shape index (κ2) is 9.77. The number of morpholine rings is 1. The molecule has 1 aliphatic heterocycles. The molecule has 1 saturated heterocycles. The minimum atomic E-state index is -3.39. The van der Waals surface area contributed by atoms with E-state index in [1.54, 1.807) is 18.3 Å². The summed E-state index contributed by atoms with van der Waals surface area (Å²) in [5.41, 5.74) is 6.94. The van der Waals surface area contributed by atoms with Crippen LogP contribution in [0, 0.1) is 5.82 Å². The molecular formula is C22H23FN4O5S. The number of hydrogen-bond acceptors (Lipinski definition) is 7. The molecule has 0 aliphatic carbocycles. The molecule has 0 bridgehead atoms. The Morgan fingerprint density at radius 2 is 1.97 bits per heavy atom. The standard InChI is InChI=1S/C22H23FN4O5S/c23-18-12-15(17-14-25-13-16-2-4-19(22(24)28)26-21(16)17)3-5-20(18)32-8-1-11-33(29,30)27-6-9-31-10-7-27/h2-5,12-14H,1,6-11H2,(H2,24,28). The summed E-state index contributed by atoms with van der Waals surface area (Å²) >= 11 is 0. The van der Waals surface area contributed by atoms with Crippen LogP contribution in [0.15, 0.2) is 42.7 Å². The van der Waals surface area contributed by atoms with E-state index in [4.69, 9.17) is 15.2 Å². The van der Waals surface area contributed by atoms with E-state index in [2.05, 4.69) is 9.97 Å². The quantitative estimate of drug-likeness (QED) is 0.495. The maximum atomic E-state index is 14.7. The van der Waals surface area contributed by atoms with Crippen molar-refractivity contribution in [3.8, 4) is 16.9 Å². The van der Waals surface area contributed by atoms with Gasteiger partial charge < -0.3 is 15.2 Å². The van der Waals surface area contributed by atoms with Gasteiger partial charge in [-0.15, -0.1) is 0 Å². The summed E-state index contributed by atoms with van der Waals surface area (Å²) in [7, 11) is -3.39. The number of aromatic nitrogens is 2. The van der Waals surface area contributed by atoms with E-state index in [1.165, 1.54) is 28.7 Å². The Bertz CT molecular complexity index is 1280. The molecule has 0 saturated carbocycles.